The summed E-state index contributed by atoms with van der Waals surface area (Å²) >= 11 is 0. The van der Waals surface area contributed by atoms with Crippen LogP contribution in [0.3, 0.4) is 0 Å². The molecule has 0 unspecified atom stereocenters. The van der Waals surface area contributed by atoms with Gasteiger partial charge in [-0.15, -0.1) is 0 Å². The van der Waals surface area contributed by atoms with Gasteiger partial charge in [0.05, 0.1) is 5.92 Å². The van der Waals surface area contributed by atoms with E-state index in [9.17, 15) is 18.0 Å². The van der Waals surface area contributed by atoms with Crippen molar-refractivity contribution >= 4 is 5.91 Å². The van der Waals surface area contributed by atoms with E-state index in [1.807, 2.05) is 0 Å². The van der Waals surface area contributed by atoms with Gasteiger partial charge in [-0.25, -0.2) is 0 Å². The largest absolute Gasteiger partial charge is 0.391 e. The first-order valence-electron chi connectivity index (χ1n) is 7.88. The Morgan fingerprint density at radius 1 is 1.00 bits per heavy atom. The van der Waals surface area contributed by atoms with Crippen LogP contribution >= 0.6 is 0 Å². The minimum Gasteiger partial charge on any atom is -0.343 e. The molecular weight excluding hydrogens is 281 g/mol. The maximum Gasteiger partial charge on any atom is 0.391 e. The zero-order valence-corrected chi connectivity index (χ0v) is 12.5. The Kier molecular flexibility index (Phi) is 5.17. The van der Waals surface area contributed by atoms with Crippen molar-refractivity contribution in [3.05, 3.63) is 0 Å². The van der Waals surface area contributed by atoms with Gasteiger partial charge < -0.3 is 10.6 Å². The molecule has 0 spiro atoms. The summed E-state index contributed by atoms with van der Waals surface area (Å²) in [6.07, 6.45) is 0.431. The van der Waals surface area contributed by atoms with Crippen molar-refractivity contribution in [1.82, 2.24) is 4.90 Å². The van der Waals surface area contributed by atoms with E-state index in [4.69, 9.17) is 5.73 Å². The molecule has 1 amide bonds. The molecule has 3 nitrogen and oxygen atoms in total. The van der Waals surface area contributed by atoms with E-state index in [-0.39, 0.29) is 36.8 Å². The SMILES string of the molecule is CN(C(=O)C1CCC(C(F)(F)F)CC1)C1CCC(N)CC1. The Labute approximate surface area is 124 Å². The third-order valence-corrected chi connectivity index (χ3v) is 5.18. The number of carbonyl (C=O) groups excluding carboxylic acids is 1. The normalized spacial score (nSPS) is 34.5. The number of rotatable bonds is 2. The Hall–Kier alpha value is -0.780. The number of amides is 1. The van der Waals surface area contributed by atoms with Gasteiger partial charge >= 0.3 is 6.18 Å². The van der Waals surface area contributed by atoms with Crippen molar-refractivity contribution in [2.24, 2.45) is 17.6 Å². The lowest BCUT2D eigenvalue weighted by atomic mass is 9.80. The lowest BCUT2D eigenvalue weighted by Gasteiger charge is -2.37. The minimum absolute atomic E-state index is 0.0242. The zero-order valence-electron chi connectivity index (χ0n) is 12.5. The topological polar surface area (TPSA) is 46.3 Å². The van der Waals surface area contributed by atoms with E-state index in [0.717, 1.165) is 25.7 Å². The summed E-state index contributed by atoms with van der Waals surface area (Å²) < 4.78 is 37.9. The maximum absolute atomic E-state index is 12.6. The van der Waals surface area contributed by atoms with Gasteiger partial charge in [0.15, 0.2) is 0 Å². The van der Waals surface area contributed by atoms with Gasteiger partial charge in [-0.3, -0.25) is 4.79 Å². The van der Waals surface area contributed by atoms with E-state index < -0.39 is 12.1 Å². The number of halogens is 3. The van der Waals surface area contributed by atoms with Crippen LogP contribution in [0.2, 0.25) is 0 Å². The fourth-order valence-corrected chi connectivity index (χ4v) is 3.62. The smallest absolute Gasteiger partial charge is 0.343 e. The molecule has 0 heterocycles. The highest BCUT2D eigenvalue weighted by atomic mass is 19.4. The fourth-order valence-electron chi connectivity index (χ4n) is 3.62. The van der Waals surface area contributed by atoms with Crippen molar-refractivity contribution in [2.75, 3.05) is 7.05 Å². The van der Waals surface area contributed by atoms with Gasteiger partial charge in [-0.05, 0) is 51.4 Å². The molecule has 0 bridgehead atoms. The van der Waals surface area contributed by atoms with Crippen LogP contribution in [0.1, 0.15) is 51.4 Å². The van der Waals surface area contributed by atoms with Crippen molar-refractivity contribution in [2.45, 2.75) is 69.6 Å². The van der Waals surface area contributed by atoms with E-state index in [1.54, 1.807) is 11.9 Å². The number of nitrogens with two attached hydrogens (primary N) is 1. The van der Waals surface area contributed by atoms with E-state index in [1.165, 1.54) is 0 Å². The zero-order chi connectivity index (χ0) is 15.6. The standard InChI is InChI=1S/C15H25F3N2O/c1-20(13-8-6-12(19)7-9-13)14(21)10-2-4-11(5-3-10)15(16,17)18/h10-13H,2-9,19H2,1H3. The molecule has 0 atom stereocenters. The molecule has 0 aliphatic heterocycles. The second-order valence-corrected chi connectivity index (χ2v) is 6.61. The molecule has 0 saturated heterocycles. The third-order valence-electron chi connectivity index (χ3n) is 5.18. The first-order valence-corrected chi connectivity index (χ1v) is 7.88. The summed E-state index contributed by atoms with van der Waals surface area (Å²) in [5, 5.41) is 0. The molecule has 2 N–H and O–H groups in total. The van der Waals surface area contributed by atoms with Crippen molar-refractivity contribution < 1.29 is 18.0 Å². The summed E-state index contributed by atoms with van der Waals surface area (Å²) in [5.74, 6) is -1.43. The van der Waals surface area contributed by atoms with Gasteiger partial charge in [0.1, 0.15) is 0 Å². The van der Waals surface area contributed by atoms with Crippen LogP contribution in [0.15, 0.2) is 0 Å². The fraction of sp³-hybridized carbons (Fsp3) is 0.933. The number of nitrogens with zero attached hydrogens (tertiary/aromatic N) is 1. The second-order valence-electron chi connectivity index (χ2n) is 6.61. The molecule has 0 aromatic carbocycles. The molecule has 21 heavy (non-hydrogen) atoms. The number of hydrogen-bond acceptors (Lipinski definition) is 2. The van der Waals surface area contributed by atoms with E-state index >= 15 is 0 Å². The summed E-state index contributed by atoms with van der Waals surface area (Å²) in [6.45, 7) is 0. The van der Waals surface area contributed by atoms with Crippen LogP contribution in [0.5, 0.6) is 0 Å². The monoisotopic (exact) mass is 306 g/mol. The van der Waals surface area contributed by atoms with Crippen LogP contribution in [-0.4, -0.2) is 36.1 Å². The lowest BCUT2D eigenvalue weighted by molar-refractivity contribution is -0.185. The van der Waals surface area contributed by atoms with Crippen molar-refractivity contribution in [1.29, 1.82) is 0 Å². The van der Waals surface area contributed by atoms with Crippen LogP contribution in [0, 0.1) is 11.8 Å². The molecule has 2 saturated carbocycles. The number of alkyl halides is 3. The second kappa shape index (κ2) is 6.55. The average molecular weight is 306 g/mol. The molecule has 2 aliphatic carbocycles. The van der Waals surface area contributed by atoms with E-state index in [2.05, 4.69) is 0 Å². The van der Waals surface area contributed by atoms with Gasteiger partial charge in [0.25, 0.3) is 0 Å². The van der Waals surface area contributed by atoms with Gasteiger partial charge in [-0.1, -0.05) is 0 Å². The molecule has 2 rings (SSSR count). The van der Waals surface area contributed by atoms with Gasteiger partial charge in [0.2, 0.25) is 5.91 Å². The first kappa shape index (κ1) is 16.6. The Morgan fingerprint density at radius 3 is 2.00 bits per heavy atom. The quantitative estimate of drug-likeness (QED) is 0.852. The van der Waals surface area contributed by atoms with Gasteiger partial charge in [-0.2, -0.15) is 13.2 Å². The predicted octanol–water partition coefficient (Wildman–Crippen LogP) is 3.08. The Bertz CT molecular complexity index is 356. The molecule has 0 aromatic heterocycles. The molecular formula is C15H25F3N2O. The minimum atomic E-state index is -4.11. The van der Waals surface area contributed by atoms with E-state index in [0.29, 0.717) is 12.8 Å². The Balaban J connectivity index is 1.84. The molecule has 0 radical (unpaired) electrons. The summed E-state index contributed by atoms with van der Waals surface area (Å²) in [7, 11) is 1.79. The van der Waals surface area contributed by atoms with Crippen LogP contribution < -0.4 is 5.73 Å². The number of carbonyl (C=O) groups is 1. The van der Waals surface area contributed by atoms with Crippen LogP contribution in [-0.2, 0) is 4.79 Å². The number of hydrogen-bond donors (Lipinski definition) is 1. The molecule has 6 heteroatoms. The molecule has 2 aliphatic rings. The highest BCUT2D eigenvalue weighted by Gasteiger charge is 2.43. The highest BCUT2D eigenvalue weighted by Crippen LogP contribution is 2.40. The average Bonchev–Trinajstić information content (AvgIpc) is 2.46. The molecule has 122 valence electrons. The van der Waals surface area contributed by atoms with Crippen molar-refractivity contribution in [3.63, 3.8) is 0 Å². The summed E-state index contributed by atoms with van der Waals surface area (Å²) in [6, 6.07) is 0.435. The third kappa shape index (κ3) is 4.11. The summed E-state index contributed by atoms with van der Waals surface area (Å²) in [4.78, 5) is 14.2. The van der Waals surface area contributed by atoms with Crippen LogP contribution in [0.25, 0.3) is 0 Å². The van der Waals surface area contributed by atoms with Crippen molar-refractivity contribution in [3.8, 4) is 0 Å². The highest BCUT2D eigenvalue weighted by molar-refractivity contribution is 5.79. The maximum atomic E-state index is 12.6. The predicted molar refractivity (Wildman–Crippen MR) is 74.5 cm³/mol. The molecule has 2 fully saturated rings. The molecule has 0 aromatic rings. The lowest BCUT2D eigenvalue weighted by Crippen LogP contribution is -2.45. The van der Waals surface area contributed by atoms with Gasteiger partial charge in [0, 0.05) is 25.0 Å². The summed E-state index contributed by atoms with van der Waals surface area (Å²) in [5.41, 5.74) is 5.86. The Morgan fingerprint density at radius 2 is 1.52 bits per heavy atom. The van der Waals surface area contributed by atoms with Crippen LogP contribution in [0.4, 0.5) is 13.2 Å². The first-order chi connectivity index (χ1) is 9.79.